The van der Waals surface area contributed by atoms with Gasteiger partial charge in [-0.2, -0.15) is 0 Å². The molecule has 1 heterocycles. The van der Waals surface area contributed by atoms with Crippen molar-refractivity contribution in [2.75, 3.05) is 0 Å². The molecule has 3 nitrogen and oxygen atoms in total. The first-order valence-corrected chi connectivity index (χ1v) is 7.55. The monoisotopic (exact) mass is 389 g/mol. The summed E-state index contributed by atoms with van der Waals surface area (Å²) in [5.74, 6) is -0.0501. The molecule has 0 N–H and O–H groups in total. The van der Waals surface area contributed by atoms with Crippen LogP contribution >= 0.6 is 22.6 Å². The average molecular weight is 389 g/mol. The molecule has 0 fully saturated rings. The minimum atomic E-state index is -0.412. The minimum absolute atomic E-state index is 0.327. The predicted molar refractivity (Wildman–Crippen MR) is 90.9 cm³/mol. The second-order valence-corrected chi connectivity index (χ2v) is 6.01. The fourth-order valence-electron chi connectivity index (χ4n) is 2.06. The van der Waals surface area contributed by atoms with Crippen LogP contribution < -0.4 is 0 Å². The lowest BCUT2D eigenvalue weighted by molar-refractivity contribution is -0.129. The molecular weight excluding hydrogens is 377 g/mol. The number of hydrogen-bond acceptors (Lipinski definition) is 3. The summed E-state index contributed by atoms with van der Waals surface area (Å²) in [6.07, 6.45) is 1.74. The van der Waals surface area contributed by atoms with Gasteiger partial charge in [0, 0.05) is 9.13 Å². The summed E-state index contributed by atoms with van der Waals surface area (Å²) in [7, 11) is 0. The lowest BCUT2D eigenvalue weighted by atomic mass is 10.1. The Balaban J connectivity index is 1.95. The highest BCUT2D eigenvalue weighted by molar-refractivity contribution is 14.1. The quantitative estimate of drug-likeness (QED) is 0.443. The van der Waals surface area contributed by atoms with E-state index in [4.69, 9.17) is 4.74 Å². The minimum Gasteiger partial charge on any atom is -0.402 e. The van der Waals surface area contributed by atoms with Gasteiger partial charge in [-0.25, -0.2) is 9.79 Å². The van der Waals surface area contributed by atoms with Gasteiger partial charge in [-0.3, -0.25) is 0 Å². The molecule has 0 radical (unpaired) electrons. The third-order valence-electron chi connectivity index (χ3n) is 3.04. The number of esters is 1. The Morgan fingerprint density at radius 1 is 1.14 bits per heavy atom. The van der Waals surface area contributed by atoms with Crippen molar-refractivity contribution in [1.82, 2.24) is 0 Å². The standard InChI is InChI=1S/C17H12INO2/c1-11-4-2-6-13(8-11)16-19-15(17(20)21-16)10-12-5-3-7-14(18)9-12/h2-10H,1H3. The van der Waals surface area contributed by atoms with Crippen molar-refractivity contribution in [3.05, 3.63) is 74.5 Å². The number of rotatable bonds is 2. The number of aliphatic imine (C=N–C) groups is 1. The summed E-state index contributed by atoms with van der Waals surface area (Å²) in [4.78, 5) is 16.2. The summed E-state index contributed by atoms with van der Waals surface area (Å²) in [6.45, 7) is 1.99. The molecule has 0 saturated heterocycles. The van der Waals surface area contributed by atoms with Gasteiger partial charge in [-0.15, -0.1) is 0 Å². The van der Waals surface area contributed by atoms with E-state index in [0.717, 1.165) is 20.3 Å². The van der Waals surface area contributed by atoms with Gasteiger partial charge in [-0.05, 0) is 65.4 Å². The van der Waals surface area contributed by atoms with E-state index in [0.29, 0.717) is 11.6 Å². The Labute approximate surface area is 136 Å². The molecule has 1 aliphatic rings. The van der Waals surface area contributed by atoms with Crippen LogP contribution in [-0.4, -0.2) is 11.9 Å². The van der Waals surface area contributed by atoms with Crippen LogP contribution in [0.15, 0.2) is 59.2 Å². The lowest BCUT2D eigenvalue weighted by Crippen LogP contribution is -2.05. The highest BCUT2D eigenvalue weighted by atomic mass is 127. The summed E-state index contributed by atoms with van der Waals surface area (Å²) >= 11 is 2.23. The van der Waals surface area contributed by atoms with Gasteiger partial charge in [0.2, 0.25) is 5.90 Å². The number of hydrogen-bond donors (Lipinski definition) is 0. The fourth-order valence-corrected chi connectivity index (χ4v) is 2.63. The number of carbonyl (C=O) groups excluding carboxylic acids is 1. The average Bonchev–Trinajstić information content (AvgIpc) is 2.80. The van der Waals surface area contributed by atoms with E-state index in [2.05, 4.69) is 27.6 Å². The molecule has 2 aromatic carbocycles. The highest BCUT2D eigenvalue weighted by Gasteiger charge is 2.24. The van der Waals surface area contributed by atoms with Crippen molar-refractivity contribution in [3.63, 3.8) is 0 Å². The Bertz CT molecular complexity index is 778. The van der Waals surface area contributed by atoms with Gasteiger partial charge in [0.15, 0.2) is 5.70 Å². The summed E-state index contributed by atoms with van der Waals surface area (Å²) < 4.78 is 6.37. The Morgan fingerprint density at radius 3 is 2.71 bits per heavy atom. The molecule has 3 rings (SSSR count). The van der Waals surface area contributed by atoms with Crippen LogP contribution in [0.1, 0.15) is 16.7 Å². The first-order chi connectivity index (χ1) is 10.1. The van der Waals surface area contributed by atoms with E-state index in [1.807, 2.05) is 55.5 Å². The summed E-state index contributed by atoms with van der Waals surface area (Å²) in [5.41, 5.74) is 3.17. The van der Waals surface area contributed by atoms with Crippen LogP contribution in [0, 0.1) is 10.5 Å². The molecule has 2 aromatic rings. The van der Waals surface area contributed by atoms with Gasteiger partial charge >= 0.3 is 5.97 Å². The van der Waals surface area contributed by atoms with E-state index in [9.17, 15) is 4.79 Å². The molecule has 0 aromatic heterocycles. The molecule has 0 spiro atoms. The predicted octanol–water partition coefficient (Wildman–Crippen LogP) is 3.94. The van der Waals surface area contributed by atoms with Crippen LogP contribution in [-0.2, 0) is 9.53 Å². The SMILES string of the molecule is Cc1cccc(C2=NC(=Cc3cccc(I)c3)C(=O)O2)c1. The first kappa shape index (κ1) is 14.0. The third-order valence-corrected chi connectivity index (χ3v) is 3.71. The van der Waals surface area contributed by atoms with E-state index in [-0.39, 0.29) is 0 Å². The van der Waals surface area contributed by atoms with Gasteiger partial charge < -0.3 is 4.74 Å². The van der Waals surface area contributed by atoms with Crippen LogP contribution in [0.5, 0.6) is 0 Å². The second kappa shape index (κ2) is 5.81. The molecule has 0 amide bonds. The topological polar surface area (TPSA) is 38.7 Å². The normalized spacial score (nSPS) is 16.0. The highest BCUT2D eigenvalue weighted by Crippen LogP contribution is 2.20. The molecule has 4 heteroatoms. The molecule has 104 valence electrons. The van der Waals surface area contributed by atoms with Crippen LogP contribution in [0.3, 0.4) is 0 Å². The maximum absolute atomic E-state index is 11.9. The van der Waals surface area contributed by atoms with E-state index in [1.165, 1.54) is 0 Å². The van der Waals surface area contributed by atoms with Crippen molar-refractivity contribution < 1.29 is 9.53 Å². The second-order valence-electron chi connectivity index (χ2n) is 4.76. The van der Waals surface area contributed by atoms with E-state index < -0.39 is 5.97 Å². The molecule has 0 unspecified atom stereocenters. The lowest BCUT2D eigenvalue weighted by Gasteiger charge is -1.99. The maximum atomic E-state index is 11.9. The van der Waals surface area contributed by atoms with Crippen molar-refractivity contribution in [3.8, 4) is 0 Å². The summed E-state index contributed by atoms with van der Waals surface area (Å²) in [5, 5.41) is 0. The fraction of sp³-hybridized carbons (Fsp3) is 0.0588. The zero-order chi connectivity index (χ0) is 14.8. The van der Waals surface area contributed by atoms with Gasteiger partial charge in [-0.1, -0.05) is 29.8 Å². The molecule has 0 aliphatic carbocycles. The smallest absolute Gasteiger partial charge is 0.363 e. The molecule has 0 saturated carbocycles. The zero-order valence-electron chi connectivity index (χ0n) is 11.3. The van der Waals surface area contributed by atoms with Crippen LogP contribution in [0.25, 0.3) is 6.08 Å². The number of carbonyl (C=O) groups is 1. The molecular formula is C17H12INO2. The molecule has 21 heavy (non-hydrogen) atoms. The Hall–Kier alpha value is -1.95. The third kappa shape index (κ3) is 3.21. The van der Waals surface area contributed by atoms with Crippen molar-refractivity contribution in [2.45, 2.75) is 6.92 Å². The molecule has 0 atom stereocenters. The first-order valence-electron chi connectivity index (χ1n) is 6.47. The Morgan fingerprint density at radius 2 is 1.95 bits per heavy atom. The van der Waals surface area contributed by atoms with Crippen molar-refractivity contribution in [1.29, 1.82) is 0 Å². The van der Waals surface area contributed by atoms with E-state index in [1.54, 1.807) is 6.08 Å². The molecule has 0 bridgehead atoms. The largest absolute Gasteiger partial charge is 0.402 e. The van der Waals surface area contributed by atoms with Crippen LogP contribution in [0.4, 0.5) is 0 Å². The number of ether oxygens (including phenoxy) is 1. The van der Waals surface area contributed by atoms with Gasteiger partial charge in [0.05, 0.1) is 0 Å². The summed E-state index contributed by atoms with van der Waals surface area (Å²) in [6, 6.07) is 15.6. The van der Waals surface area contributed by atoms with Crippen molar-refractivity contribution >= 4 is 40.5 Å². The number of aryl methyl sites for hydroxylation is 1. The van der Waals surface area contributed by atoms with Gasteiger partial charge in [0.1, 0.15) is 0 Å². The van der Waals surface area contributed by atoms with Crippen LogP contribution in [0.2, 0.25) is 0 Å². The van der Waals surface area contributed by atoms with Gasteiger partial charge in [0.25, 0.3) is 0 Å². The number of halogens is 1. The Kier molecular flexibility index (Phi) is 3.88. The number of nitrogens with zero attached hydrogens (tertiary/aromatic N) is 1. The van der Waals surface area contributed by atoms with E-state index >= 15 is 0 Å². The number of benzene rings is 2. The van der Waals surface area contributed by atoms with Crippen molar-refractivity contribution in [2.24, 2.45) is 4.99 Å². The zero-order valence-corrected chi connectivity index (χ0v) is 13.5. The maximum Gasteiger partial charge on any atom is 0.363 e. The number of cyclic esters (lactones) is 1. The molecule has 1 aliphatic heterocycles.